The molecule has 2 aromatic carbocycles. The maximum absolute atomic E-state index is 12.7. The van der Waals surface area contributed by atoms with Gasteiger partial charge < -0.3 is 20.7 Å². The number of hydrogen-bond acceptors (Lipinski definition) is 4. The lowest BCUT2D eigenvalue weighted by Crippen LogP contribution is -2.47. The molecule has 7 heteroatoms. The third kappa shape index (κ3) is 6.95. The van der Waals surface area contributed by atoms with Crippen LogP contribution >= 0.6 is 0 Å². The van der Waals surface area contributed by atoms with Crippen molar-refractivity contribution < 1.29 is 19.1 Å². The Morgan fingerprint density at radius 1 is 1.00 bits per heavy atom. The average molecular weight is 397 g/mol. The lowest BCUT2D eigenvalue weighted by Gasteiger charge is -2.22. The Bertz CT molecular complexity index is 866. The molecule has 3 N–H and O–H groups in total. The summed E-state index contributed by atoms with van der Waals surface area (Å²) in [4.78, 5) is 36.2. The fraction of sp³-hybridized carbons (Fsp3) is 0.318. The monoisotopic (exact) mass is 397 g/mol. The molecule has 2 aromatic rings. The van der Waals surface area contributed by atoms with Crippen LogP contribution in [-0.2, 0) is 20.9 Å². The zero-order valence-corrected chi connectivity index (χ0v) is 17.1. The van der Waals surface area contributed by atoms with Gasteiger partial charge >= 0.3 is 6.09 Å². The molecule has 0 bridgehead atoms. The van der Waals surface area contributed by atoms with Crippen LogP contribution in [0, 0.1) is 12.8 Å². The number of ether oxygens (including phenoxy) is 1. The molecule has 0 aliphatic rings. The van der Waals surface area contributed by atoms with Crippen LogP contribution in [-0.4, -0.2) is 23.9 Å². The van der Waals surface area contributed by atoms with Gasteiger partial charge in [-0.15, -0.1) is 0 Å². The lowest BCUT2D eigenvalue weighted by molar-refractivity contribution is -0.119. The molecule has 0 saturated carbocycles. The van der Waals surface area contributed by atoms with Crippen molar-refractivity contribution >= 4 is 29.3 Å². The SMILES string of the molecule is CC(=O)Nc1cc(NC(=O)[C@@H](NC(=O)OCc2ccccc2)C(C)C)ccc1C. The predicted octanol–water partition coefficient (Wildman–Crippen LogP) is 3.84. The quantitative estimate of drug-likeness (QED) is 0.661. The third-order valence-corrected chi connectivity index (χ3v) is 4.25. The molecule has 3 amide bonds. The Morgan fingerprint density at radius 3 is 2.31 bits per heavy atom. The first-order valence-electron chi connectivity index (χ1n) is 9.42. The highest BCUT2D eigenvalue weighted by Crippen LogP contribution is 2.21. The summed E-state index contributed by atoms with van der Waals surface area (Å²) in [6, 6.07) is 13.7. The molecular formula is C22H27N3O4. The number of carbonyl (C=O) groups excluding carboxylic acids is 3. The molecule has 0 unspecified atom stereocenters. The van der Waals surface area contributed by atoms with Crippen LogP contribution in [0.15, 0.2) is 48.5 Å². The van der Waals surface area contributed by atoms with Crippen molar-refractivity contribution in [2.45, 2.75) is 40.3 Å². The van der Waals surface area contributed by atoms with Crippen molar-refractivity contribution in [2.75, 3.05) is 10.6 Å². The van der Waals surface area contributed by atoms with E-state index in [-0.39, 0.29) is 24.3 Å². The standard InChI is InChI=1S/C22H27N3O4/c1-14(2)20(25-22(28)29-13-17-8-6-5-7-9-17)21(27)24-18-11-10-15(3)19(12-18)23-16(4)26/h5-12,14,20H,13H2,1-4H3,(H,23,26)(H,24,27)(H,25,28)/t20-/m0/s1. The summed E-state index contributed by atoms with van der Waals surface area (Å²) in [7, 11) is 0. The molecule has 0 aliphatic heterocycles. The number of aryl methyl sites for hydroxylation is 1. The van der Waals surface area contributed by atoms with Gasteiger partial charge in [-0.2, -0.15) is 0 Å². The van der Waals surface area contributed by atoms with Crippen molar-refractivity contribution in [1.82, 2.24) is 5.32 Å². The minimum absolute atomic E-state index is 0.122. The molecule has 0 aromatic heterocycles. The first-order chi connectivity index (χ1) is 13.8. The van der Waals surface area contributed by atoms with Crippen LogP contribution in [0.3, 0.4) is 0 Å². The molecule has 0 heterocycles. The second-order valence-corrected chi connectivity index (χ2v) is 7.13. The molecular weight excluding hydrogens is 370 g/mol. The highest BCUT2D eigenvalue weighted by Gasteiger charge is 2.25. The zero-order chi connectivity index (χ0) is 21.4. The molecule has 2 rings (SSSR count). The molecule has 0 spiro atoms. The largest absolute Gasteiger partial charge is 0.445 e. The van der Waals surface area contributed by atoms with E-state index in [0.29, 0.717) is 11.4 Å². The molecule has 0 saturated heterocycles. The fourth-order valence-corrected chi connectivity index (χ4v) is 2.67. The van der Waals surface area contributed by atoms with E-state index in [1.165, 1.54) is 6.92 Å². The fourth-order valence-electron chi connectivity index (χ4n) is 2.67. The van der Waals surface area contributed by atoms with Crippen LogP contribution in [0.4, 0.5) is 16.2 Å². The summed E-state index contributed by atoms with van der Waals surface area (Å²) in [5.74, 6) is -0.715. The first-order valence-corrected chi connectivity index (χ1v) is 9.42. The summed E-state index contributed by atoms with van der Waals surface area (Å²) in [6.07, 6.45) is -0.662. The Morgan fingerprint density at radius 2 is 1.69 bits per heavy atom. The topological polar surface area (TPSA) is 96.5 Å². The van der Waals surface area contributed by atoms with Gasteiger partial charge in [0.2, 0.25) is 11.8 Å². The zero-order valence-electron chi connectivity index (χ0n) is 17.1. The highest BCUT2D eigenvalue weighted by atomic mass is 16.5. The van der Waals surface area contributed by atoms with E-state index in [0.717, 1.165) is 11.1 Å². The smallest absolute Gasteiger partial charge is 0.408 e. The predicted molar refractivity (Wildman–Crippen MR) is 113 cm³/mol. The van der Waals surface area contributed by atoms with E-state index in [2.05, 4.69) is 16.0 Å². The van der Waals surface area contributed by atoms with Crippen molar-refractivity contribution in [2.24, 2.45) is 5.92 Å². The number of nitrogens with one attached hydrogen (secondary N) is 3. The summed E-state index contributed by atoms with van der Waals surface area (Å²) < 4.78 is 5.21. The molecule has 154 valence electrons. The van der Waals surface area contributed by atoms with Gasteiger partial charge in [-0.05, 0) is 36.1 Å². The van der Waals surface area contributed by atoms with Gasteiger partial charge in [0.05, 0.1) is 0 Å². The van der Waals surface area contributed by atoms with Crippen molar-refractivity contribution in [3.63, 3.8) is 0 Å². The molecule has 29 heavy (non-hydrogen) atoms. The van der Waals surface area contributed by atoms with Crippen LogP contribution in [0.5, 0.6) is 0 Å². The van der Waals surface area contributed by atoms with Crippen molar-refractivity contribution in [1.29, 1.82) is 0 Å². The van der Waals surface area contributed by atoms with Gasteiger partial charge in [0.25, 0.3) is 0 Å². The number of benzene rings is 2. The van der Waals surface area contributed by atoms with Crippen LogP contribution in [0.25, 0.3) is 0 Å². The summed E-state index contributed by atoms with van der Waals surface area (Å²) >= 11 is 0. The van der Waals surface area contributed by atoms with Crippen LogP contribution < -0.4 is 16.0 Å². The highest BCUT2D eigenvalue weighted by molar-refractivity contribution is 5.98. The Balaban J connectivity index is 2.00. The van der Waals surface area contributed by atoms with Crippen LogP contribution in [0.2, 0.25) is 0 Å². The van der Waals surface area contributed by atoms with Crippen molar-refractivity contribution in [3.8, 4) is 0 Å². The van der Waals surface area contributed by atoms with E-state index in [1.54, 1.807) is 18.2 Å². The van der Waals surface area contributed by atoms with Gasteiger partial charge in [-0.3, -0.25) is 9.59 Å². The number of hydrogen-bond donors (Lipinski definition) is 3. The normalized spacial score (nSPS) is 11.5. The summed E-state index contributed by atoms with van der Waals surface area (Å²) in [6.45, 7) is 7.07. The van der Waals surface area contributed by atoms with E-state index in [4.69, 9.17) is 4.74 Å². The number of anilines is 2. The van der Waals surface area contributed by atoms with Crippen molar-refractivity contribution in [3.05, 3.63) is 59.7 Å². The lowest BCUT2D eigenvalue weighted by atomic mass is 10.0. The van der Waals surface area contributed by atoms with Gasteiger partial charge in [0.1, 0.15) is 12.6 Å². The molecule has 0 fully saturated rings. The second-order valence-electron chi connectivity index (χ2n) is 7.13. The Kier molecular flexibility index (Phi) is 7.77. The van der Waals surface area contributed by atoms with Gasteiger partial charge in [-0.1, -0.05) is 50.2 Å². The van der Waals surface area contributed by atoms with Gasteiger partial charge in [-0.25, -0.2) is 4.79 Å². The van der Waals surface area contributed by atoms with Crippen LogP contribution in [0.1, 0.15) is 31.9 Å². The minimum atomic E-state index is -0.774. The van der Waals surface area contributed by atoms with E-state index in [1.807, 2.05) is 51.1 Å². The van der Waals surface area contributed by atoms with E-state index < -0.39 is 12.1 Å². The third-order valence-electron chi connectivity index (χ3n) is 4.25. The number of rotatable bonds is 7. The Labute approximate surface area is 170 Å². The molecule has 0 aliphatic carbocycles. The summed E-state index contributed by atoms with van der Waals surface area (Å²) in [5, 5.41) is 8.13. The Hall–Kier alpha value is -3.35. The number of alkyl carbamates (subject to hydrolysis) is 1. The maximum Gasteiger partial charge on any atom is 0.408 e. The molecule has 7 nitrogen and oxygen atoms in total. The first kappa shape index (κ1) is 21.9. The average Bonchev–Trinajstić information content (AvgIpc) is 2.67. The van der Waals surface area contributed by atoms with E-state index in [9.17, 15) is 14.4 Å². The second kappa shape index (κ2) is 10.3. The molecule has 1 atom stereocenters. The minimum Gasteiger partial charge on any atom is -0.445 e. The number of carbonyl (C=O) groups is 3. The molecule has 0 radical (unpaired) electrons. The number of amides is 3. The summed E-state index contributed by atoms with van der Waals surface area (Å²) in [5.41, 5.74) is 2.88. The maximum atomic E-state index is 12.7. The van der Waals surface area contributed by atoms with Gasteiger partial charge in [0.15, 0.2) is 0 Å². The van der Waals surface area contributed by atoms with E-state index >= 15 is 0 Å². The van der Waals surface area contributed by atoms with Gasteiger partial charge in [0, 0.05) is 18.3 Å².